The summed E-state index contributed by atoms with van der Waals surface area (Å²) < 4.78 is 11.6. The zero-order valence-electron chi connectivity index (χ0n) is 24.4. The van der Waals surface area contributed by atoms with Crippen molar-refractivity contribution in [1.29, 1.82) is 0 Å². The molecule has 9 nitrogen and oxygen atoms in total. The number of anilines is 1. The number of phenols is 1. The minimum absolute atomic E-state index is 0.0942. The van der Waals surface area contributed by atoms with E-state index in [-0.39, 0.29) is 57.6 Å². The number of nitrogens with zero attached hydrogens (tertiary/aromatic N) is 2. The van der Waals surface area contributed by atoms with Crippen molar-refractivity contribution < 1.29 is 33.4 Å². The number of oxazole rings is 1. The summed E-state index contributed by atoms with van der Waals surface area (Å²) in [7, 11) is 1.47. The summed E-state index contributed by atoms with van der Waals surface area (Å²) in [4.78, 5) is 60.9. The molecule has 0 radical (unpaired) electrons. The van der Waals surface area contributed by atoms with Crippen LogP contribution in [0.15, 0.2) is 105 Å². The molecule has 4 unspecified atom stereocenters. The summed E-state index contributed by atoms with van der Waals surface area (Å²) >= 11 is 3.24. The summed E-state index contributed by atoms with van der Waals surface area (Å²) in [5, 5.41) is 11.1. The fourth-order valence-corrected chi connectivity index (χ4v) is 7.99. The number of rotatable bonds is 4. The van der Waals surface area contributed by atoms with Crippen LogP contribution in [0.25, 0.3) is 22.6 Å². The minimum Gasteiger partial charge on any atom is -0.507 e. The second kappa shape index (κ2) is 10.5. The van der Waals surface area contributed by atoms with E-state index in [1.165, 1.54) is 24.2 Å². The van der Waals surface area contributed by atoms with Gasteiger partial charge in [0.1, 0.15) is 17.0 Å². The van der Waals surface area contributed by atoms with E-state index in [2.05, 4.69) is 20.9 Å². The Bertz CT molecular complexity index is 2090. The lowest BCUT2D eigenvalue weighted by atomic mass is 9.59. The maximum Gasteiger partial charge on any atom is 0.238 e. The van der Waals surface area contributed by atoms with Crippen LogP contribution in [0.2, 0.25) is 0 Å². The average molecular weight is 678 g/mol. The highest BCUT2D eigenvalue weighted by molar-refractivity contribution is 9.12. The normalized spacial score (nSPS) is 24.1. The first-order chi connectivity index (χ1) is 22.3. The molecule has 0 spiro atoms. The van der Waals surface area contributed by atoms with E-state index >= 15 is 0 Å². The zero-order chi connectivity index (χ0) is 31.9. The molecule has 10 heteroatoms. The van der Waals surface area contributed by atoms with E-state index in [1.807, 2.05) is 30.3 Å². The van der Waals surface area contributed by atoms with Gasteiger partial charge in [-0.15, -0.1) is 0 Å². The lowest BCUT2D eigenvalue weighted by molar-refractivity contribution is -0.123. The van der Waals surface area contributed by atoms with Crippen LogP contribution in [0.3, 0.4) is 0 Å². The largest absolute Gasteiger partial charge is 0.507 e. The number of halogens is 1. The molecule has 3 aliphatic carbocycles. The number of aromatic hydroxyl groups is 1. The first-order valence-electron chi connectivity index (χ1n) is 14.9. The fraction of sp³-hybridized carbons (Fsp3) is 0.194. The van der Waals surface area contributed by atoms with Gasteiger partial charge >= 0.3 is 0 Å². The number of allylic oxidation sites excluding steroid dienone is 6. The number of ketones is 2. The van der Waals surface area contributed by atoms with E-state index in [1.54, 1.807) is 36.4 Å². The number of benzene rings is 3. The molecule has 2 amide bonds. The number of fused-ring (bicyclic) bond motifs is 4. The molecule has 1 aromatic heterocycles. The van der Waals surface area contributed by atoms with Crippen molar-refractivity contribution in [1.82, 2.24) is 4.98 Å². The van der Waals surface area contributed by atoms with Gasteiger partial charge in [-0.3, -0.25) is 24.1 Å². The van der Waals surface area contributed by atoms with Crippen molar-refractivity contribution >= 4 is 56.1 Å². The highest BCUT2D eigenvalue weighted by Crippen LogP contribution is 2.57. The van der Waals surface area contributed by atoms with Gasteiger partial charge < -0.3 is 14.3 Å². The Morgan fingerprint density at radius 2 is 1.74 bits per heavy atom. The van der Waals surface area contributed by atoms with Gasteiger partial charge in [0.15, 0.2) is 17.1 Å². The van der Waals surface area contributed by atoms with Gasteiger partial charge in [0.2, 0.25) is 17.7 Å². The second-order valence-corrected chi connectivity index (χ2v) is 12.7. The summed E-state index contributed by atoms with van der Waals surface area (Å²) in [6, 6.07) is 19.2. The molecule has 2 heterocycles. The Morgan fingerprint density at radius 3 is 2.50 bits per heavy atom. The monoisotopic (exact) mass is 676 g/mol. The van der Waals surface area contributed by atoms with Gasteiger partial charge in [-0.25, -0.2) is 4.98 Å². The highest BCUT2D eigenvalue weighted by Gasteiger charge is 2.57. The molecule has 3 aromatic carbocycles. The molecule has 1 fully saturated rings. The second-order valence-electron chi connectivity index (χ2n) is 11.8. The van der Waals surface area contributed by atoms with Crippen LogP contribution in [-0.2, 0) is 19.2 Å². The molecule has 0 bridgehead atoms. The van der Waals surface area contributed by atoms with Crippen LogP contribution in [0, 0.1) is 17.8 Å². The van der Waals surface area contributed by atoms with Gasteiger partial charge in [-0.1, -0.05) is 29.8 Å². The van der Waals surface area contributed by atoms with Crippen LogP contribution < -0.4 is 9.64 Å². The third-order valence-corrected chi connectivity index (χ3v) is 10.1. The molecule has 1 saturated heterocycles. The smallest absolute Gasteiger partial charge is 0.238 e. The predicted molar refractivity (Wildman–Crippen MR) is 171 cm³/mol. The van der Waals surface area contributed by atoms with Crippen LogP contribution in [0.4, 0.5) is 5.69 Å². The molecule has 228 valence electrons. The third kappa shape index (κ3) is 4.09. The first kappa shape index (κ1) is 28.4. The number of methoxy groups -OCH3 is 1. The van der Waals surface area contributed by atoms with Crippen LogP contribution >= 0.6 is 15.9 Å². The number of imide groups is 1. The Kier molecular flexibility index (Phi) is 6.47. The number of ether oxygens (including phenoxy) is 1. The van der Waals surface area contributed by atoms with Gasteiger partial charge in [-0.05, 0) is 83.2 Å². The molecule has 46 heavy (non-hydrogen) atoms. The standard InChI is InChI=1S/C36H25BrN2O7/c1-45-28-8-4-6-25(40)32(28)31-19-13-14-20-29(21(19)15-22-30(31)26(41)16-23(37)33(22)42)36(44)39(35(20)43)18-11-9-17(10-12-18)34-38-24-5-2-3-7-27(24)46-34/h2-13,16,20-21,29,31,40H,14-15H2,1H3. The number of hydrogen-bond acceptors (Lipinski definition) is 8. The van der Waals surface area contributed by atoms with E-state index in [9.17, 15) is 24.3 Å². The third-order valence-electron chi connectivity index (χ3n) is 9.55. The quantitative estimate of drug-likeness (QED) is 0.154. The topological polar surface area (TPSA) is 127 Å². The number of Topliss-reactive ketones (excluding diaryl/α,β-unsaturated/α-hetero) is 1. The zero-order valence-corrected chi connectivity index (χ0v) is 26.0. The van der Waals surface area contributed by atoms with Crippen molar-refractivity contribution in [3.63, 3.8) is 0 Å². The number of aromatic nitrogens is 1. The summed E-state index contributed by atoms with van der Waals surface area (Å²) in [5.74, 6) is -3.48. The molecular formula is C36H25BrN2O7. The maximum atomic E-state index is 14.3. The van der Waals surface area contributed by atoms with Crippen molar-refractivity contribution in [2.75, 3.05) is 12.0 Å². The molecule has 4 atom stereocenters. The summed E-state index contributed by atoms with van der Waals surface area (Å²) in [5.41, 5.74) is 4.12. The van der Waals surface area contributed by atoms with E-state index in [0.29, 0.717) is 34.0 Å². The minimum atomic E-state index is -0.827. The molecule has 0 saturated carbocycles. The molecule has 4 aliphatic rings. The highest BCUT2D eigenvalue weighted by atomic mass is 79.9. The Morgan fingerprint density at radius 1 is 0.957 bits per heavy atom. The number of carbonyl (C=O) groups is 4. The molecule has 1 aliphatic heterocycles. The lowest BCUT2D eigenvalue weighted by Gasteiger charge is -2.42. The number of para-hydroxylation sites is 2. The van der Waals surface area contributed by atoms with Crippen molar-refractivity contribution in [2.24, 2.45) is 17.8 Å². The molecule has 8 rings (SSSR count). The van der Waals surface area contributed by atoms with Gasteiger partial charge in [0, 0.05) is 34.3 Å². The number of carbonyl (C=O) groups excluding carboxylic acids is 4. The Labute approximate surface area is 271 Å². The van der Waals surface area contributed by atoms with E-state index < -0.39 is 23.7 Å². The SMILES string of the molecule is COc1cccc(O)c1C1C2=CCC3C(=O)N(c4ccc(-c5nc6ccccc6o5)cc4)C(=O)C3C2CC2=C1C(=O)C=C(Br)C2=O. The molecule has 4 aromatic rings. The number of amides is 2. The van der Waals surface area contributed by atoms with Gasteiger partial charge in [0.25, 0.3) is 0 Å². The average Bonchev–Trinajstić information content (AvgIpc) is 3.61. The van der Waals surface area contributed by atoms with Crippen LogP contribution in [0.1, 0.15) is 24.3 Å². The van der Waals surface area contributed by atoms with Crippen molar-refractivity contribution in [2.45, 2.75) is 18.8 Å². The van der Waals surface area contributed by atoms with Gasteiger partial charge in [0.05, 0.1) is 29.1 Å². The lowest BCUT2D eigenvalue weighted by Crippen LogP contribution is -2.39. The van der Waals surface area contributed by atoms with Crippen molar-refractivity contribution in [3.8, 4) is 23.0 Å². The summed E-state index contributed by atoms with van der Waals surface area (Å²) in [6.07, 6.45) is 3.55. The predicted octanol–water partition coefficient (Wildman–Crippen LogP) is 6.18. The first-order valence-corrected chi connectivity index (χ1v) is 15.6. The van der Waals surface area contributed by atoms with Gasteiger partial charge in [-0.2, -0.15) is 0 Å². The van der Waals surface area contributed by atoms with Crippen LogP contribution in [-0.4, -0.2) is 40.6 Å². The summed E-state index contributed by atoms with van der Waals surface area (Å²) in [6.45, 7) is 0. The molecular weight excluding hydrogens is 652 g/mol. The maximum absolute atomic E-state index is 14.3. The van der Waals surface area contributed by atoms with E-state index in [0.717, 1.165) is 11.1 Å². The Balaban J connectivity index is 1.18. The van der Waals surface area contributed by atoms with Crippen molar-refractivity contribution in [3.05, 3.63) is 106 Å². The van der Waals surface area contributed by atoms with Crippen LogP contribution in [0.5, 0.6) is 11.5 Å². The number of phenolic OH excluding ortho intramolecular Hbond substituents is 1. The Hall–Kier alpha value is -5.09. The fourth-order valence-electron chi connectivity index (χ4n) is 7.54. The number of hydrogen-bond donors (Lipinski definition) is 1. The van der Waals surface area contributed by atoms with E-state index in [4.69, 9.17) is 9.15 Å². The molecule has 1 N–H and O–H groups in total.